The molecule has 0 aliphatic heterocycles. The summed E-state index contributed by atoms with van der Waals surface area (Å²) in [5, 5.41) is 57.5. The zero-order chi connectivity index (χ0) is 22.4. The minimum Gasteiger partial charge on any atom is -0.481 e. The van der Waals surface area contributed by atoms with Gasteiger partial charge in [0.25, 0.3) is 5.97 Å². The second-order valence-electron chi connectivity index (χ2n) is 4.87. The van der Waals surface area contributed by atoms with E-state index in [1.165, 1.54) is 0 Å². The molecule has 0 aromatic carbocycles. The molecule has 14 heteroatoms. The van der Waals surface area contributed by atoms with Crippen molar-refractivity contribution in [3.63, 3.8) is 0 Å². The molecule has 0 bridgehead atoms. The lowest BCUT2D eigenvalue weighted by molar-refractivity contribution is -0.170. The van der Waals surface area contributed by atoms with Crippen LogP contribution in [0.4, 0.5) is 0 Å². The van der Waals surface area contributed by atoms with Crippen molar-refractivity contribution in [3.8, 4) is 0 Å². The van der Waals surface area contributed by atoms with Crippen LogP contribution in [0.15, 0.2) is 0 Å². The molecule has 0 saturated heterocycles. The maximum Gasteiger partial charge on any atom is 0.336 e. The van der Waals surface area contributed by atoms with Crippen LogP contribution < -0.4 is 5.73 Å². The molecule has 0 rings (SSSR count). The fourth-order valence-electron chi connectivity index (χ4n) is 1.12. The van der Waals surface area contributed by atoms with Gasteiger partial charge in [-0.05, 0) is 6.42 Å². The van der Waals surface area contributed by atoms with Gasteiger partial charge in [0.1, 0.15) is 6.04 Å². The molecule has 0 aromatic heterocycles. The first-order valence-electron chi connectivity index (χ1n) is 6.84. The summed E-state index contributed by atoms with van der Waals surface area (Å²) >= 11 is 0. The van der Waals surface area contributed by atoms with E-state index < -0.39 is 60.3 Å². The maximum absolute atomic E-state index is 10.3. The van der Waals surface area contributed by atoms with Crippen LogP contribution in [0, 0.1) is 0 Å². The van der Waals surface area contributed by atoms with E-state index in [4.69, 9.17) is 46.3 Å². The SMILES string of the molecule is CC(=O)O.N[C@@H](CCC(=O)O)C(=O)O.O=C(O)CC(O)(CC(=O)O)C(=O)O. The summed E-state index contributed by atoms with van der Waals surface area (Å²) in [6, 6.07) is -1.06. The number of hydrogen-bond acceptors (Lipinski definition) is 8. The summed E-state index contributed by atoms with van der Waals surface area (Å²) in [4.78, 5) is 59.4. The van der Waals surface area contributed by atoms with Crippen molar-refractivity contribution < 1.29 is 64.5 Å². The van der Waals surface area contributed by atoms with Gasteiger partial charge in [0.2, 0.25) is 0 Å². The van der Waals surface area contributed by atoms with Crippen LogP contribution in [0.1, 0.15) is 32.6 Å². The Morgan fingerprint density at radius 2 is 1.15 bits per heavy atom. The van der Waals surface area contributed by atoms with E-state index in [0.717, 1.165) is 6.92 Å². The molecule has 156 valence electrons. The van der Waals surface area contributed by atoms with Gasteiger partial charge < -0.3 is 41.5 Å². The second-order valence-corrected chi connectivity index (χ2v) is 4.87. The third kappa shape index (κ3) is 20.7. The lowest BCUT2D eigenvalue weighted by Crippen LogP contribution is -2.42. The monoisotopic (exact) mass is 399 g/mol. The molecule has 0 heterocycles. The van der Waals surface area contributed by atoms with Gasteiger partial charge in [-0.1, -0.05) is 0 Å². The van der Waals surface area contributed by atoms with E-state index in [2.05, 4.69) is 0 Å². The summed E-state index contributed by atoms with van der Waals surface area (Å²) in [5.41, 5.74) is 2.26. The average Bonchev–Trinajstić information content (AvgIpc) is 2.42. The van der Waals surface area contributed by atoms with E-state index in [9.17, 15) is 24.0 Å². The van der Waals surface area contributed by atoms with Crippen molar-refractivity contribution in [2.75, 3.05) is 0 Å². The lowest BCUT2D eigenvalue weighted by Gasteiger charge is -2.18. The molecule has 0 amide bonds. The Kier molecular flexibility index (Phi) is 14.8. The average molecular weight is 399 g/mol. The molecule has 0 fully saturated rings. The van der Waals surface area contributed by atoms with Gasteiger partial charge >= 0.3 is 29.8 Å². The quantitative estimate of drug-likeness (QED) is 0.210. The molecule has 0 aromatic rings. The molecule has 27 heavy (non-hydrogen) atoms. The Morgan fingerprint density at radius 1 is 0.815 bits per heavy atom. The zero-order valence-corrected chi connectivity index (χ0v) is 14.1. The van der Waals surface area contributed by atoms with Crippen LogP contribution in [-0.2, 0) is 28.8 Å². The van der Waals surface area contributed by atoms with Crippen molar-refractivity contribution in [1.82, 2.24) is 0 Å². The highest BCUT2D eigenvalue weighted by atomic mass is 16.4. The largest absolute Gasteiger partial charge is 0.481 e. The molecule has 0 radical (unpaired) electrons. The van der Waals surface area contributed by atoms with Gasteiger partial charge in [0, 0.05) is 13.3 Å². The molecule has 0 aliphatic carbocycles. The Bertz CT molecular complexity index is 536. The Labute approximate surface area is 151 Å². The highest BCUT2D eigenvalue weighted by molar-refractivity contribution is 5.88. The first kappa shape index (κ1) is 28.5. The summed E-state index contributed by atoms with van der Waals surface area (Å²) in [5.74, 6) is -8.05. The van der Waals surface area contributed by atoms with Gasteiger partial charge in [0.15, 0.2) is 5.60 Å². The first-order chi connectivity index (χ1) is 12.0. The van der Waals surface area contributed by atoms with Crippen molar-refractivity contribution >= 4 is 35.8 Å². The summed E-state index contributed by atoms with van der Waals surface area (Å²) < 4.78 is 0. The number of nitrogens with two attached hydrogens (primary N) is 1. The number of carbonyl (C=O) groups is 6. The highest BCUT2D eigenvalue weighted by Gasteiger charge is 2.40. The van der Waals surface area contributed by atoms with Crippen LogP contribution in [0.2, 0.25) is 0 Å². The maximum atomic E-state index is 10.3. The third-order valence-electron chi connectivity index (χ3n) is 2.27. The summed E-state index contributed by atoms with van der Waals surface area (Å²) in [6.07, 6.45) is -2.51. The predicted molar refractivity (Wildman–Crippen MR) is 82.9 cm³/mol. The van der Waals surface area contributed by atoms with E-state index in [1.807, 2.05) is 0 Å². The van der Waals surface area contributed by atoms with Crippen molar-refractivity contribution in [3.05, 3.63) is 0 Å². The third-order valence-corrected chi connectivity index (χ3v) is 2.27. The molecular formula is C13H21NO13. The van der Waals surface area contributed by atoms with Crippen LogP contribution in [0.25, 0.3) is 0 Å². The number of aliphatic hydroxyl groups is 1. The number of carboxylic acid groups (broad SMARTS) is 6. The molecule has 0 saturated carbocycles. The Morgan fingerprint density at radius 3 is 1.33 bits per heavy atom. The zero-order valence-electron chi connectivity index (χ0n) is 14.1. The number of hydrogen-bond donors (Lipinski definition) is 8. The van der Waals surface area contributed by atoms with Crippen LogP contribution in [0.5, 0.6) is 0 Å². The molecule has 0 aliphatic rings. The summed E-state index contributed by atoms with van der Waals surface area (Å²) in [7, 11) is 0. The van der Waals surface area contributed by atoms with Gasteiger partial charge in [-0.15, -0.1) is 0 Å². The number of carboxylic acids is 6. The Hall–Kier alpha value is -3.26. The van der Waals surface area contributed by atoms with E-state index in [1.54, 1.807) is 0 Å². The number of rotatable bonds is 9. The molecule has 9 N–H and O–H groups in total. The van der Waals surface area contributed by atoms with Gasteiger partial charge in [-0.2, -0.15) is 0 Å². The van der Waals surface area contributed by atoms with Crippen molar-refractivity contribution in [2.45, 2.75) is 44.2 Å². The minimum absolute atomic E-state index is 0.0231. The van der Waals surface area contributed by atoms with Crippen LogP contribution in [0.3, 0.4) is 0 Å². The van der Waals surface area contributed by atoms with Gasteiger partial charge in [-0.3, -0.25) is 24.0 Å². The molecule has 0 unspecified atom stereocenters. The molecule has 1 atom stereocenters. The molecular weight excluding hydrogens is 378 g/mol. The minimum atomic E-state index is -2.74. The van der Waals surface area contributed by atoms with Gasteiger partial charge in [0.05, 0.1) is 12.8 Å². The highest BCUT2D eigenvalue weighted by Crippen LogP contribution is 2.15. The van der Waals surface area contributed by atoms with Crippen molar-refractivity contribution in [1.29, 1.82) is 0 Å². The van der Waals surface area contributed by atoms with E-state index in [-0.39, 0.29) is 12.8 Å². The molecule has 14 nitrogen and oxygen atoms in total. The fraction of sp³-hybridized carbons (Fsp3) is 0.538. The number of aliphatic carboxylic acids is 6. The van der Waals surface area contributed by atoms with Crippen molar-refractivity contribution in [2.24, 2.45) is 5.73 Å². The normalized spacial score (nSPS) is 10.8. The van der Waals surface area contributed by atoms with E-state index in [0.29, 0.717) is 0 Å². The van der Waals surface area contributed by atoms with Crippen LogP contribution >= 0.6 is 0 Å². The smallest absolute Gasteiger partial charge is 0.336 e. The van der Waals surface area contributed by atoms with Gasteiger partial charge in [-0.25, -0.2) is 4.79 Å². The lowest BCUT2D eigenvalue weighted by atomic mass is 9.96. The van der Waals surface area contributed by atoms with Crippen LogP contribution in [-0.4, -0.2) is 83.2 Å². The standard InChI is InChI=1S/C6H8O7.C5H9NO4.C2H4O2/c7-3(8)1-6(13,5(11)12)2-4(9)10;6-3(5(9)10)1-2-4(7)8;1-2(3)4/h13H,1-2H2,(H,7,8)(H,9,10)(H,11,12);3H,1-2,6H2,(H,7,8)(H,9,10);1H3,(H,3,4)/t;3-;/m.0./s1. The second kappa shape index (κ2) is 14.0. The Balaban J connectivity index is -0.000000364. The predicted octanol–water partition coefficient (Wildman–Crippen LogP) is -1.89. The summed E-state index contributed by atoms with van der Waals surface area (Å²) in [6.45, 7) is 1.08. The van der Waals surface area contributed by atoms with E-state index >= 15 is 0 Å². The topological polar surface area (TPSA) is 270 Å². The molecule has 0 spiro atoms. The first-order valence-corrected chi connectivity index (χ1v) is 6.84. The fourth-order valence-corrected chi connectivity index (χ4v) is 1.12.